The first kappa shape index (κ1) is 13.8. The van der Waals surface area contributed by atoms with E-state index in [1.54, 1.807) is 6.07 Å². The van der Waals surface area contributed by atoms with Gasteiger partial charge in [-0.25, -0.2) is 4.39 Å². The fourth-order valence-corrected chi connectivity index (χ4v) is 2.20. The molecule has 2 heteroatoms. The van der Waals surface area contributed by atoms with Crippen LogP contribution in [0.1, 0.15) is 23.6 Å². The van der Waals surface area contributed by atoms with Crippen LogP contribution in [0.4, 0.5) is 4.39 Å². The molecule has 2 aromatic rings. The minimum absolute atomic E-state index is 0.158. The van der Waals surface area contributed by atoms with Crippen molar-refractivity contribution >= 4 is 0 Å². The lowest BCUT2D eigenvalue weighted by atomic mass is 9.95. The molecule has 0 aromatic heterocycles. The molecule has 0 unspecified atom stereocenters. The molecule has 19 heavy (non-hydrogen) atoms. The predicted molar refractivity (Wildman–Crippen MR) is 78.7 cm³/mol. The molecule has 0 fully saturated rings. The number of aryl methyl sites for hydroxylation is 1. The molecular formula is C17H20FN. The maximum absolute atomic E-state index is 14.1. The van der Waals surface area contributed by atoms with Crippen LogP contribution in [-0.4, -0.2) is 6.54 Å². The number of benzene rings is 2. The van der Waals surface area contributed by atoms with Gasteiger partial charge in [0.05, 0.1) is 0 Å². The second kappa shape index (κ2) is 5.98. The van der Waals surface area contributed by atoms with Gasteiger partial charge in [-0.05, 0) is 54.8 Å². The van der Waals surface area contributed by atoms with Crippen molar-refractivity contribution < 1.29 is 4.39 Å². The Balaban J connectivity index is 2.45. The lowest BCUT2D eigenvalue weighted by molar-refractivity contribution is 0.629. The monoisotopic (exact) mass is 257 g/mol. The average Bonchev–Trinajstić information content (AvgIpc) is 2.41. The molecule has 0 aliphatic carbocycles. The minimum atomic E-state index is -0.158. The Kier molecular flexibility index (Phi) is 4.33. The van der Waals surface area contributed by atoms with Gasteiger partial charge >= 0.3 is 0 Å². The Morgan fingerprint density at radius 1 is 1.05 bits per heavy atom. The van der Waals surface area contributed by atoms with E-state index in [0.717, 1.165) is 29.8 Å². The topological polar surface area (TPSA) is 12.0 Å². The first-order valence-electron chi connectivity index (χ1n) is 6.69. The van der Waals surface area contributed by atoms with Gasteiger partial charge in [-0.3, -0.25) is 0 Å². The number of hydrogen-bond acceptors (Lipinski definition) is 1. The van der Waals surface area contributed by atoms with Crippen LogP contribution >= 0.6 is 0 Å². The highest BCUT2D eigenvalue weighted by molar-refractivity contribution is 5.69. The summed E-state index contributed by atoms with van der Waals surface area (Å²) in [5, 5.41) is 3.27. The molecule has 0 spiro atoms. The molecule has 0 atom stereocenters. The predicted octanol–water partition coefficient (Wildman–Crippen LogP) is 4.22. The summed E-state index contributed by atoms with van der Waals surface area (Å²) < 4.78 is 14.1. The summed E-state index contributed by atoms with van der Waals surface area (Å²) in [6, 6.07) is 11.4. The third-order valence-electron chi connectivity index (χ3n) is 3.50. The summed E-state index contributed by atoms with van der Waals surface area (Å²) in [5.41, 5.74) is 5.11. The van der Waals surface area contributed by atoms with E-state index in [1.165, 1.54) is 5.56 Å². The van der Waals surface area contributed by atoms with E-state index in [-0.39, 0.29) is 5.82 Å². The van der Waals surface area contributed by atoms with Crippen LogP contribution in [-0.2, 0) is 6.54 Å². The normalized spacial score (nSPS) is 10.7. The zero-order valence-corrected chi connectivity index (χ0v) is 11.8. The molecule has 0 heterocycles. The lowest BCUT2D eigenvalue weighted by Gasteiger charge is -2.11. The van der Waals surface area contributed by atoms with Crippen molar-refractivity contribution in [1.82, 2.24) is 5.32 Å². The van der Waals surface area contributed by atoms with E-state index in [4.69, 9.17) is 0 Å². The number of nitrogens with one attached hydrogen (secondary N) is 1. The Morgan fingerprint density at radius 2 is 1.84 bits per heavy atom. The highest BCUT2D eigenvalue weighted by Crippen LogP contribution is 2.28. The summed E-state index contributed by atoms with van der Waals surface area (Å²) in [4.78, 5) is 0. The second-order valence-electron chi connectivity index (χ2n) is 4.84. The molecule has 100 valence electrons. The van der Waals surface area contributed by atoms with Crippen LogP contribution in [0.5, 0.6) is 0 Å². The van der Waals surface area contributed by atoms with E-state index in [1.807, 2.05) is 31.2 Å². The van der Waals surface area contributed by atoms with E-state index in [2.05, 4.69) is 25.2 Å². The number of hydrogen-bond donors (Lipinski definition) is 1. The van der Waals surface area contributed by atoms with Gasteiger partial charge in [0, 0.05) is 12.1 Å². The van der Waals surface area contributed by atoms with E-state index < -0.39 is 0 Å². The third-order valence-corrected chi connectivity index (χ3v) is 3.50. The van der Waals surface area contributed by atoms with Crippen LogP contribution in [0.2, 0.25) is 0 Å². The van der Waals surface area contributed by atoms with E-state index in [0.29, 0.717) is 5.56 Å². The van der Waals surface area contributed by atoms with E-state index >= 15 is 0 Å². The zero-order chi connectivity index (χ0) is 13.8. The van der Waals surface area contributed by atoms with Crippen molar-refractivity contribution in [3.63, 3.8) is 0 Å². The molecule has 0 amide bonds. The molecular weight excluding hydrogens is 237 g/mol. The second-order valence-corrected chi connectivity index (χ2v) is 4.84. The summed E-state index contributed by atoms with van der Waals surface area (Å²) in [7, 11) is 0. The summed E-state index contributed by atoms with van der Waals surface area (Å²) in [5.74, 6) is -0.158. The third kappa shape index (κ3) is 3.02. The minimum Gasteiger partial charge on any atom is -0.313 e. The van der Waals surface area contributed by atoms with Gasteiger partial charge in [0.2, 0.25) is 0 Å². The fourth-order valence-electron chi connectivity index (χ4n) is 2.20. The van der Waals surface area contributed by atoms with Crippen molar-refractivity contribution in [2.75, 3.05) is 6.54 Å². The van der Waals surface area contributed by atoms with Crippen molar-refractivity contribution in [2.45, 2.75) is 27.3 Å². The van der Waals surface area contributed by atoms with Gasteiger partial charge in [0.25, 0.3) is 0 Å². The van der Waals surface area contributed by atoms with Crippen molar-refractivity contribution in [2.24, 2.45) is 0 Å². The molecule has 0 saturated carbocycles. The standard InChI is InChI=1S/C17H20FN/c1-4-19-11-14-8-9-17(18)16(10-14)15-7-5-6-12(2)13(15)3/h5-10,19H,4,11H2,1-3H3. The molecule has 2 rings (SSSR count). The molecule has 0 saturated heterocycles. The first-order chi connectivity index (χ1) is 9.13. The van der Waals surface area contributed by atoms with Crippen molar-refractivity contribution in [3.05, 3.63) is 58.9 Å². The maximum atomic E-state index is 14.1. The first-order valence-corrected chi connectivity index (χ1v) is 6.69. The molecule has 1 nitrogen and oxygen atoms in total. The highest BCUT2D eigenvalue weighted by atomic mass is 19.1. The molecule has 2 aromatic carbocycles. The largest absolute Gasteiger partial charge is 0.313 e. The number of rotatable bonds is 4. The smallest absolute Gasteiger partial charge is 0.131 e. The van der Waals surface area contributed by atoms with Crippen molar-refractivity contribution in [3.8, 4) is 11.1 Å². The highest BCUT2D eigenvalue weighted by Gasteiger charge is 2.09. The van der Waals surface area contributed by atoms with Crippen LogP contribution in [0.15, 0.2) is 36.4 Å². The fraction of sp³-hybridized carbons (Fsp3) is 0.294. The molecule has 0 aliphatic rings. The quantitative estimate of drug-likeness (QED) is 0.864. The summed E-state index contributed by atoms with van der Waals surface area (Å²) >= 11 is 0. The summed E-state index contributed by atoms with van der Waals surface area (Å²) in [6.07, 6.45) is 0. The van der Waals surface area contributed by atoms with Crippen LogP contribution < -0.4 is 5.32 Å². The lowest BCUT2D eigenvalue weighted by Crippen LogP contribution is -2.11. The Hall–Kier alpha value is -1.67. The molecule has 0 radical (unpaired) electrons. The van der Waals surface area contributed by atoms with Crippen molar-refractivity contribution in [1.29, 1.82) is 0 Å². The average molecular weight is 257 g/mol. The Morgan fingerprint density at radius 3 is 2.58 bits per heavy atom. The molecule has 0 bridgehead atoms. The SMILES string of the molecule is CCNCc1ccc(F)c(-c2cccc(C)c2C)c1. The van der Waals surface area contributed by atoms with Gasteiger partial charge < -0.3 is 5.32 Å². The van der Waals surface area contributed by atoms with Crippen LogP contribution in [0.25, 0.3) is 11.1 Å². The van der Waals surface area contributed by atoms with Gasteiger partial charge in [-0.2, -0.15) is 0 Å². The number of halogens is 1. The van der Waals surface area contributed by atoms with Gasteiger partial charge in [-0.1, -0.05) is 31.2 Å². The van der Waals surface area contributed by atoms with Crippen LogP contribution in [0.3, 0.4) is 0 Å². The molecule has 1 N–H and O–H groups in total. The van der Waals surface area contributed by atoms with Crippen LogP contribution in [0, 0.1) is 19.7 Å². The zero-order valence-electron chi connectivity index (χ0n) is 11.8. The van der Waals surface area contributed by atoms with Gasteiger partial charge in [-0.15, -0.1) is 0 Å². The van der Waals surface area contributed by atoms with Gasteiger partial charge in [0.1, 0.15) is 5.82 Å². The maximum Gasteiger partial charge on any atom is 0.131 e. The van der Waals surface area contributed by atoms with E-state index in [9.17, 15) is 4.39 Å². The van der Waals surface area contributed by atoms with Gasteiger partial charge in [0.15, 0.2) is 0 Å². The Labute approximate surface area is 114 Å². The molecule has 0 aliphatic heterocycles. The Bertz CT molecular complexity index is 575. The summed E-state index contributed by atoms with van der Waals surface area (Å²) in [6.45, 7) is 7.85.